The molecule has 1 atom stereocenters. The van der Waals surface area contributed by atoms with Crippen LogP contribution in [0.1, 0.15) is 36.1 Å². The van der Waals surface area contributed by atoms with E-state index in [4.69, 9.17) is 36.7 Å². The van der Waals surface area contributed by atoms with Crippen LogP contribution >= 0.6 is 11.6 Å². The van der Waals surface area contributed by atoms with Crippen molar-refractivity contribution >= 4 is 57.0 Å². The quantitative estimate of drug-likeness (QED) is 0.295. The highest BCUT2D eigenvalue weighted by Gasteiger charge is 2.30. The lowest BCUT2D eigenvalue weighted by atomic mass is 10.2. The smallest absolute Gasteiger partial charge is 0.430 e. The van der Waals surface area contributed by atoms with E-state index in [1.54, 1.807) is 4.90 Å². The molecule has 4 heterocycles. The van der Waals surface area contributed by atoms with Gasteiger partial charge in [-0.25, -0.2) is 19.1 Å². The van der Waals surface area contributed by atoms with Gasteiger partial charge >= 0.3 is 6.18 Å². The van der Waals surface area contributed by atoms with Crippen LogP contribution in [0.5, 0.6) is 5.75 Å². The Bertz CT molecular complexity index is 1640. The van der Waals surface area contributed by atoms with Crippen LogP contribution < -0.4 is 25.5 Å². The molecule has 0 unspecified atom stereocenters. The Labute approximate surface area is 274 Å². The summed E-state index contributed by atoms with van der Waals surface area (Å²) in [6.45, 7) is 5.09. The van der Waals surface area contributed by atoms with Gasteiger partial charge in [0.05, 0.1) is 18.8 Å². The van der Waals surface area contributed by atoms with E-state index in [0.29, 0.717) is 43.4 Å². The molecule has 0 bridgehead atoms. The number of carboxylic acids is 1. The first-order valence-corrected chi connectivity index (χ1v) is 16.4. The third-order valence-electron chi connectivity index (χ3n) is 7.40. The second-order valence-corrected chi connectivity index (χ2v) is 12.6. The highest BCUT2D eigenvalue weighted by Crippen LogP contribution is 2.25. The lowest BCUT2D eigenvalue weighted by molar-refractivity contribution is -0.676. The standard InChI is InChI=1S/C26H32ClN7O5S.C2HF3O2/c1-2-33-19-6-5-17(39-16-23(35)32-7-10-40(37)11-8-32)12-20(19)34(15-18-4-3-9-38-18)22(33)14-30-26(36)24-25(28)29-13-21(27)31-24;3-2(4,5)1(6)7/h5-6,12-13,18H,2-4,7-11,14-16H2,1H3,(H2-,28,29,30,36);(H,6,7)/t18-;/m0./s1. The summed E-state index contributed by atoms with van der Waals surface area (Å²) in [6.07, 6.45) is -1.92. The Morgan fingerprint density at radius 2 is 1.98 bits per heavy atom. The van der Waals surface area contributed by atoms with E-state index < -0.39 is 28.9 Å². The van der Waals surface area contributed by atoms with Gasteiger partial charge in [0.15, 0.2) is 29.2 Å². The van der Waals surface area contributed by atoms with E-state index in [1.807, 2.05) is 25.1 Å². The first kappa shape index (κ1) is 35.8. The number of aliphatic carboxylic acids is 1. The Hall–Kier alpha value is -4.03. The first-order valence-electron chi connectivity index (χ1n) is 14.5. The molecule has 2 fully saturated rings. The van der Waals surface area contributed by atoms with Crippen LogP contribution in [0.3, 0.4) is 0 Å². The number of nitrogens with zero attached hydrogens (tertiary/aromatic N) is 5. The topological polar surface area (TPSA) is 186 Å². The van der Waals surface area contributed by atoms with Gasteiger partial charge < -0.3 is 35.3 Å². The van der Waals surface area contributed by atoms with Gasteiger partial charge in [-0.15, -0.1) is 0 Å². The van der Waals surface area contributed by atoms with Crippen LogP contribution in [-0.4, -0.2) is 91.5 Å². The summed E-state index contributed by atoms with van der Waals surface area (Å²) in [5.41, 5.74) is 7.70. The average molecular weight is 704 g/mol. The third kappa shape index (κ3) is 9.29. The van der Waals surface area contributed by atoms with E-state index in [1.165, 1.54) is 6.20 Å². The Kier molecular flexibility index (Phi) is 12.0. The van der Waals surface area contributed by atoms with Crippen molar-refractivity contribution in [3.8, 4) is 5.75 Å². The van der Waals surface area contributed by atoms with Gasteiger partial charge in [0.1, 0.15) is 30.0 Å². The number of alkyl halides is 3. The van der Waals surface area contributed by atoms with Gasteiger partial charge in [0, 0.05) is 48.1 Å². The highest BCUT2D eigenvalue weighted by molar-refractivity contribution is 7.85. The first-order chi connectivity index (χ1) is 22.3. The zero-order valence-electron chi connectivity index (χ0n) is 25.3. The molecule has 256 valence electrons. The van der Waals surface area contributed by atoms with E-state index in [0.717, 1.165) is 36.3 Å². The zero-order valence-corrected chi connectivity index (χ0v) is 26.8. The molecule has 14 nitrogen and oxygen atoms in total. The number of carbonyl (C=O) groups excluding carboxylic acids is 3. The number of amides is 2. The SMILES string of the molecule is CC[n+]1c(CNC(=O)c2nc(Cl)cnc2N)n(C[C@@H]2CCCO2)c2cc(OCC(=O)N3CCS(=O)CC3)ccc21.O=C([O-])C(F)(F)F. The van der Waals surface area contributed by atoms with Crippen molar-refractivity contribution in [2.24, 2.45) is 0 Å². The number of hydrogen-bond donors (Lipinski definition) is 2. The number of hydrogen-bond acceptors (Lipinski definition) is 10. The van der Waals surface area contributed by atoms with Gasteiger partial charge in [-0.3, -0.25) is 13.8 Å². The zero-order chi connectivity index (χ0) is 34.3. The molecular weight excluding hydrogens is 671 g/mol. The molecule has 0 aliphatic carbocycles. The van der Waals surface area contributed by atoms with Crippen LogP contribution in [0.4, 0.5) is 19.0 Å². The van der Waals surface area contributed by atoms with Gasteiger partial charge in [0.25, 0.3) is 17.6 Å². The molecule has 47 heavy (non-hydrogen) atoms. The number of carboxylic acid groups (broad SMARTS) is 1. The fourth-order valence-electron chi connectivity index (χ4n) is 5.11. The van der Waals surface area contributed by atoms with Crippen LogP contribution in [-0.2, 0) is 44.8 Å². The highest BCUT2D eigenvalue weighted by atomic mass is 35.5. The number of rotatable bonds is 9. The Morgan fingerprint density at radius 1 is 1.28 bits per heavy atom. The van der Waals surface area contributed by atoms with Crippen molar-refractivity contribution in [3.63, 3.8) is 0 Å². The number of halogens is 4. The summed E-state index contributed by atoms with van der Waals surface area (Å²) >= 11 is 5.93. The molecule has 2 aliphatic heterocycles. The summed E-state index contributed by atoms with van der Waals surface area (Å²) < 4.78 is 59.3. The molecule has 1 aromatic carbocycles. The molecule has 2 aromatic heterocycles. The number of nitrogens with one attached hydrogen (secondary N) is 1. The maximum absolute atomic E-state index is 12.9. The predicted octanol–water partition coefficient (Wildman–Crippen LogP) is 0.352. The monoisotopic (exact) mass is 703 g/mol. The summed E-state index contributed by atoms with van der Waals surface area (Å²) in [5, 5.41) is 11.8. The molecule has 0 radical (unpaired) electrons. The normalized spacial score (nSPS) is 16.9. The van der Waals surface area contributed by atoms with Crippen molar-refractivity contribution in [2.75, 3.05) is 43.5 Å². The fraction of sp³-hybridized carbons (Fsp3) is 0.500. The maximum Gasteiger partial charge on any atom is 0.430 e. The van der Waals surface area contributed by atoms with E-state index in [2.05, 4.69) is 24.4 Å². The van der Waals surface area contributed by atoms with Crippen molar-refractivity contribution < 1.29 is 50.9 Å². The minimum atomic E-state index is -5.19. The molecule has 2 saturated heterocycles. The predicted molar refractivity (Wildman–Crippen MR) is 160 cm³/mol. The van der Waals surface area contributed by atoms with Crippen molar-refractivity contribution in [2.45, 2.75) is 51.7 Å². The van der Waals surface area contributed by atoms with Crippen LogP contribution in [0.25, 0.3) is 11.0 Å². The molecule has 19 heteroatoms. The minimum absolute atomic E-state index is 0.000631. The summed E-state index contributed by atoms with van der Waals surface area (Å²) in [7, 11) is -0.852. The van der Waals surface area contributed by atoms with Gasteiger partial charge in [-0.2, -0.15) is 13.2 Å². The number of benzene rings is 1. The van der Waals surface area contributed by atoms with Gasteiger partial charge in [-0.05, 0) is 31.9 Å². The van der Waals surface area contributed by atoms with Crippen LogP contribution in [0, 0.1) is 0 Å². The molecule has 2 aliphatic rings. The number of aromatic nitrogens is 4. The van der Waals surface area contributed by atoms with Crippen molar-refractivity contribution in [1.82, 2.24) is 24.8 Å². The second-order valence-electron chi connectivity index (χ2n) is 10.5. The number of imidazole rings is 1. The number of anilines is 1. The van der Waals surface area contributed by atoms with E-state index >= 15 is 0 Å². The lowest BCUT2D eigenvalue weighted by Gasteiger charge is -2.26. The number of aryl methyl sites for hydroxylation is 1. The van der Waals surface area contributed by atoms with Crippen LogP contribution in [0.15, 0.2) is 24.4 Å². The molecule has 5 rings (SSSR count). The minimum Gasteiger partial charge on any atom is -0.542 e. The number of fused-ring (bicyclic) bond motifs is 1. The largest absolute Gasteiger partial charge is 0.542 e. The number of carbonyl (C=O) groups is 3. The molecule has 0 saturated carbocycles. The summed E-state index contributed by atoms with van der Waals surface area (Å²) in [5.74, 6) is -1.18. The molecular formula is C28H33ClF3N7O7S. The third-order valence-corrected chi connectivity index (χ3v) is 8.85. The summed E-state index contributed by atoms with van der Waals surface area (Å²) in [4.78, 5) is 44.0. The Balaban J connectivity index is 0.000000644. The summed E-state index contributed by atoms with van der Waals surface area (Å²) in [6, 6.07) is 5.72. The van der Waals surface area contributed by atoms with Crippen molar-refractivity contribution in [1.29, 1.82) is 0 Å². The average Bonchev–Trinajstić information content (AvgIpc) is 3.65. The number of ether oxygens (including phenoxy) is 2. The molecule has 2 amide bonds. The van der Waals surface area contributed by atoms with Gasteiger partial charge in [0.2, 0.25) is 0 Å². The maximum atomic E-state index is 12.9. The molecule has 3 aromatic rings. The van der Waals surface area contributed by atoms with Gasteiger partial charge in [-0.1, -0.05) is 11.6 Å². The lowest BCUT2D eigenvalue weighted by Crippen LogP contribution is -2.43. The molecule has 3 N–H and O–H groups in total. The molecule has 0 spiro atoms. The Morgan fingerprint density at radius 3 is 2.60 bits per heavy atom. The van der Waals surface area contributed by atoms with E-state index in [-0.39, 0.29) is 41.8 Å². The second kappa shape index (κ2) is 15.7. The van der Waals surface area contributed by atoms with Crippen LogP contribution in [0.2, 0.25) is 5.15 Å². The fourth-order valence-corrected chi connectivity index (χ4v) is 6.30. The number of nitrogen functional groups attached to an aromatic ring is 1. The van der Waals surface area contributed by atoms with E-state index in [9.17, 15) is 27.0 Å². The number of nitrogens with two attached hydrogens (primary N) is 1. The van der Waals surface area contributed by atoms with Crippen molar-refractivity contribution in [3.05, 3.63) is 41.1 Å².